The Bertz CT molecular complexity index is 1000. The van der Waals surface area contributed by atoms with E-state index < -0.39 is 0 Å². The van der Waals surface area contributed by atoms with Gasteiger partial charge in [0.15, 0.2) is 0 Å². The fraction of sp³-hybridized carbons (Fsp3) is 0.0909. The average molecular weight is 421 g/mol. The summed E-state index contributed by atoms with van der Waals surface area (Å²) < 4.78 is 0.979. The van der Waals surface area contributed by atoms with Crippen LogP contribution in [0.1, 0.15) is 33.9 Å². The first-order valence-electron chi connectivity index (χ1n) is 8.63. The molecule has 1 aliphatic rings. The molecule has 0 saturated heterocycles. The average Bonchev–Trinajstić information content (AvgIpc) is 3.14. The zero-order chi connectivity index (χ0) is 18.8. The second-order valence-corrected chi connectivity index (χ2v) is 7.27. The molecule has 0 fully saturated rings. The number of phenolic OH excluding ortho intramolecular Hbond substituents is 1. The molecule has 1 atom stereocenters. The van der Waals surface area contributed by atoms with Gasteiger partial charge in [0.05, 0.1) is 11.8 Å². The van der Waals surface area contributed by atoms with Gasteiger partial charge in [0.2, 0.25) is 0 Å². The molecule has 1 amide bonds. The maximum Gasteiger partial charge on any atom is 0.274 e. The lowest BCUT2D eigenvalue weighted by molar-refractivity contribution is 0.0711. The number of nitrogens with zero attached hydrogens (tertiary/aromatic N) is 2. The summed E-state index contributed by atoms with van der Waals surface area (Å²) in [5.41, 5.74) is 2.94. The van der Waals surface area contributed by atoms with Gasteiger partial charge in [0.25, 0.3) is 5.91 Å². The van der Waals surface area contributed by atoms with E-state index in [1.165, 1.54) is 5.01 Å². The first kappa shape index (κ1) is 17.5. The van der Waals surface area contributed by atoms with E-state index in [-0.39, 0.29) is 17.7 Å². The van der Waals surface area contributed by atoms with Crippen LogP contribution in [-0.4, -0.2) is 21.7 Å². The minimum absolute atomic E-state index is 0.158. The van der Waals surface area contributed by atoms with Crippen LogP contribution in [0.15, 0.2) is 88.4 Å². The molecule has 0 aliphatic carbocycles. The van der Waals surface area contributed by atoms with Crippen molar-refractivity contribution in [3.63, 3.8) is 0 Å². The van der Waals surface area contributed by atoms with Gasteiger partial charge in [-0.25, -0.2) is 5.01 Å². The van der Waals surface area contributed by atoms with Crippen LogP contribution in [0.25, 0.3) is 0 Å². The Labute approximate surface area is 165 Å². The zero-order valence-corrected chi connectivity index (χ0v) is 16.0. The summed E-state index contributed by atoms with van der Waals surface area (Å²) in [4.78, 5) is 13.1. The molecule has 1 aliphatic heterocycles. The molecule has 1 heterocycles. The van der Waals surface area contributed by atoms with Crippen molar-refractivity contribution in [1.82, 2.24) is 5.01 Å². The van der Waals surface area contributed by atoms with Crippen molar-refractivity contribution < 1.29 is 9.90 Å². The fourth-order valence-electron chi connectivity index (χ4n) is 3.24. The molecule has 134 valence electrons. The number of halogens is 1. The molecule has 4 rings (SSSR count). The van der Waals surface area contributed by atoms with Gasteiger partial charge in [-0.15, -0.1) is 0 Å². The van der Waals surface area contributed by atoms with E-state index in [9.17, 15) is 9.90 Å². The number of hydrogen-bond acceptors (Lipinski definition) is 3. The summed E-state index contributed by atoms with van der Waals surface area (Å²) in [5.74, 6) is 0.00811. The zero-order valence-electron chi connectivity index (χ0n) is 14.4. The molecule has 5 heteroatoms. The minimum Gasteiger partial charge on any atom is -0.507 e. The second kappa shape index (κ2) is 7.37. The lowest BCUT2D eigenvalue weighted by Gasteiger charge is -2.22. The molecule has 0 unspecified atom stereocenters. The standard InChI is InChI=1S/C22H17BrN2O2/c23-17-12-10-15(11-13-17)20-14-19(18-8-4-5-9-21(18)26)24-25(20)22(27)16-6-2-1-3-7-16/h1-13,20,26H,14H2/t20-/m1/s1. The highest BCUT2D eigenvalue weighted by molar-refractivity contribution is 9.10. The Morgan fingerprint density at radius 2 is 1.63 bits per heavy atom. The number of carbonyl (C=O) groups excluding carboxylic acids is 1. The lowest BCUT2D eigenvalue weighted by Crippen LogP contribution is -2.27. The Morgan fingerprint density at radius 1 is 0.963 bits per heavy atom. The van der Waals surface area contributed by atoms with Crippen molar-refractivity contribution in [1.29, 1.82) is 0 Å². The number of carbonyl (C=O) groups is 1. The third-order valence-corrected chi connectivity index (χ3v) is 5.14. The number of aromatic hydroxyl groups is 1. The molecule has 0 saturated carbocycles. The maximum atomic E-state index is 13.1. The third-order valence-electron chi connectivity index (χ3n) is 4.61. The van der Waals surface area contributed by atoms with E-state index in [4.69, 9.17) is 0 Å². The molecular weight excluding hydrogens is 404 g/mol. The van der Waals surface area contributed by atoms with Crippen LogP contribution in [0.5, 0.6) is 5.75 Å². The van der Waals surface area contributed by atoms with Gasteiger partial charge in [-0.3, -0.25) is 4.79 Å². The molecule has 0 aromatic heterocycles. The van der Waals surface area contributed by atoms with Gasteiger partial charge in [-0.1, -0.05) is 58.4 Å². The second-order valence-electron chi connectivity index (χ2n) is 6.35. The van der Waals surface area contributed by atoms with E-state index in [2.05, 4.69) is 21.0 Å². The first-order valence-corrected chi connectivity index (χ1v) is 9.43. The number of para-hydroxylation sites is 1. The van der Waals surface area contributed by atoms with Crippen molar-refractivity contribution in [2.45, 2.75) is 12.5 Å². The van der Waals surface area contributed by atoms with Crippen LogP contribution in [0.3, 0.4) is 0 Å². The summed E-state index contributed by atoms with van der Waals surface area (Å²) in [6, 6.07) is 23.9. The van der Waals surface area contributed by atoms with Gasteiger partial charge in [0.1, 0.15) is 5.75 Å². The Morgan fingerprint density at radius 3 is 2.33 bits per heavy atom. The summed E-state index contributed by atoms with van der Waals surface area (Å²) in [6.45, 7) is 0. The molecule has 0 bridgehead atoms. The molecule has 0 spiro atoms. The van der Waals surface area contributed by atoms with Gasteiger partial charge < -0.3 is 5.11 Å². The monoisotopic (exact) mass is 420 g/mol. The van der Waals surface area contributed by atoms with Crippen molar-refractivity contribution in [2.75, 3.05) is 0 Å². The molecule has 1 N–H and O–H groups in total. The van der Waals surface area contributed by atoms with Crippen LogP contribution in [-0.2, 0) is 0 Å². The number of phenols is 1. The van der Waals surface area contributed by atoms with E-state index in [1.807, 2.05) is 54.6 Å². The Kier molecular flexibility index (Phi) is 4.77. The van der Waals surface area contributed by atoms with Crippen LogP contribution in [0.2, 0.25) is 0 Å². The maximum absolute atomic E-state index is 13.1. The van der Waals surface area contributed by atoms with Crippen molar-refractivity contribution >= 4 is 27.5 Å². The smallest absolute Gasteiger partial charge is 0.274 e. The van der Waals surface area contributed by atoms with Crippen LogP contribution in [0, 0.1) is 0 Å². The minimum atomic E-state index is -0.222. The molecule has 0 radical (unpaired) electrons. The highest BCUT2D eigenvalue weighted by atomic mass is 79.9. The highest BCUT2D eigenvalue weighted by Gasteiger charge is 2.34. The molecule has 27 heavy (non-hydrogen) atoms. The van der Waals surface area contributed by atoms with Crippen LogP contribution >= 0.6 is 15.9 Å². The van der Waals surface area contributed by atoms with Crippen molar-refractivity contribution in [3.05, 3.63) is 100 Å². The van der Waals surface area contributed by atoms with Gasteiger partial charge >= 0.3 is 0 Å². The molecule has 3 aromatic rings. The van der Waals surface area contributed by atoms with Gasteiger partial charge in [-0.05, 0) is 42.0 Å². The molecule has 4 nitrogen and oxygen atoms in total. The van der Waals surface area contributed by atoms with E-state index >= 15 is 0 Å². The van der Waals surface area contributed by atoms with E-state index in [0.717, 1.165) is 10.0 Å². The predicted octanol–water partition coefficient (Wildman–Crippen LogP) is 5.15. The summed E-state index contributed by atoms with van der Waals surface area (Å²) in [6.07, 6.45) is 0.539. The van der Waals surface area contributed by atoms with Crippen LogP contribution in [0.4, 0.5) is 0 Å². The lowest BCUT2D eigenvalue weighted by atomic mass is 9.97. The number of benzene rings is 3. The largest absolute Gasteiger partial charge is 0.507 e. The van der Waals surface area contributed by atoms with Crippen molar-refractivity contribution in [2.24, 2.45) is 5.10 Å². The quantitative estimate of drug-likeness (QED) is 0.636. The Balaban J connectivity index is 1.75. The summed E-state index contributed by atoms with van der Waals surface area (Å²) in [7, 11) is 0. The van der Waals surface area contributed by atoms with E-state index in [0.29, 0.717) is 23.3 Å². The summed E-state index contributed by atoms with van der Waals surface area (Å²) in [5, 5.41) is 16.3. The predicted molar refractivity (Wildman–Crippen MR) is 109 cm³/mol. The number of rotatable bonds is 3. The summed E-state index contributed by atoms with van der Waals surface area (Å²) >= 11 is 3.45. The van der Waals surface area contributed by atoms with Gasteiger partial charge in [-0.2, -0.15) is 5.10 Å². The number of amides is 1. The Hall–Kier alpha value is -2.92. The number of hydrogen-bond donors (Lipinski definition) is 1. The van der Waals surface area contributed by atoms with Crippen molar-refractivity contribution in [3.8, 4) is 5.75 Å². The van der Waals surface area contributed by atoms with Gasteiger partial charge in [0, 0.05) is 22.0 Å². The first-order chi connectivity index (χ1) is 13.1. The third kappa shape index (κ3) is 3.51. The molecular formula is C22H17BrN2O2. The molecule has 3 aromatic carbocycles. The fourth-order valence-corrected chi connectivity index (χ4v) is 3.50. The highest BCUT2D eigenvalue weighted by Crippen LogP contribution is 2.36. The number of hydrazone groups is 1. The normalized spacial score (nSPS) is 16.3. The topological polar surface area (TPSA) is 52.9 Å². The van der Waals surface area contributed by atoms with E-state index in [1.54, 1.807) is 24.3 Å². The van der Waals surface area contributed by atoms with Crippen LogP contribution < -0.4 is 0 Å². The SMILES string of the molecule is O=C(c1ccccc1)N1N=C(c2ccccc2O)C[C@@H]1c1ccc(Br)cc1.